The van der Waals surface area contributed by atoms with Crippen molar-refractivity contribution in [2.24, 2.45) is 0 Å². The molecule has 6 nitrogen and oxygen atoms in total. The van der Waals surface area contributed by atoms with Gasteiger partial charge in [-0.1, -0.05) is 56.5 Å². The molecule has 2 N–H and O–H groups in total. The van der Waals surface area contributed by atoms with Gasteiger partial charge in [-0.2, -0.15) is 0 Å². The molecule has 2 amide bonds. The van der Waals surface area contributed by atoms with Crippen LogP contribution in [0.5, 0.6) is 11.5 Å². The van der Waals surface area contributed by atoms with Crippen molar-refractivity contribution in [3.63, 3.8) is 0 Å². The lowest BCUT2D eigenvalue weighted by molar-refractivity contribution is -0.123. The van der Waals surface area contributed by atoms with Gasteiger partial charge in [0.25, 0.3) is 11.8 Å². The van der Waals surface area contributed by atoms with Crippen LogP contribution in [0.2, 0.25) is 0 Å². The predicted octanol–water partition coefficient (Wildman–Crippen LogP) is 6.16. The van der Waals surface area contributed by atoms with Crippen LogP contribution in [-0.2, 0) is 4.79 Å². The first-order valence-corrected chi connectivity index (χ1v) is 12.4. The molecule has 0 bridgehead atoms. The number of nitrogens with one attached hydrogen (secondary N) is 2. The lowest BCUT2D eigenvalue weighted by Crippen LogP contribution is -2.43. The standard InChI is InChI=1S/C25H26Br2N2O4/c1-2-3-4-7-14-32-21-12-11-18(15-20(21)26)25(31)29-28-23(30)16-33-22-13-10-17-8-5-6-9-19(17)24(22)27/h5-6,8-13,15H,2-4,7,14,16H2,1H3,(H,28,30)(H,29,31). The van der Waals surface area contributed by atoms with E-state index in [1.807, 2.05) is 30.3 Å². The molecule has 0 atom stereocenters. The molecule has 0 radical (unpaired) electrons. The maximum atomic E-state index is 12.4. The molecule has 0 fully saturated rings. The van der Waals surface area contributed by atoms with E-state index in [2.05, 4.69) is 49.6 Å². The Kier molecular flexibility index (Phi) is 9.57. The topological polar surface area (TPSA) is 76.7 Å². The second-order valence-electron chi connectivity index (χ2n) is 7.44. The zero-order chi connectivity index (χ0) is 23.6. The van der Waals surface area contributed by atoms with Crippen LogP contribution >= 0.6 is 31.9 Å². The highest BCUT2D eigenvalue weighted by Crippen LogP contribution is 2.33. The number of rotatable bonds is 10. The van der Waals surface area contributed by atoms with Gasteiger partial charge in [0, 0.05) is 5.56 Å². The molecule has 0 saturated heterocycles. The lowest BCUT2D eigenvalue weighted by atomic mass is 10.1. The Labute approximate surface area is 210 Å². The van der Waals surface area contributed by atoms with Crippen molar-refractivity contribution in [3.8, 4) is 11.5 Å². The minimum atomic E-state index is -0.477. The van der Waals surface area contributed by atoms with Crippen LogP contribution in [0, 0.1) is 0 Å². The van der Waals surface area contributed by atoms with Gasteiger partial charge in [0.05, 0.1) is 15.6 Å². The molecule has 0 unspecified atom stereocenters. The first-order valence-electron chi connectivity index (χ1n) is 10.8. The Balaban J connectivity index is 1.47. The second kappa shape index (κ2) is 12.6. The molecule has 33 heavy (non-hydrogen) atoms. The molecule has 0 heterocycles. The first-order chi connectivity index (χ1) is 16.0. The van der Waals surface area contributed by atoms with Crippen LogP contribution in [0.15, 0.2) is 63.5 Å². The number of hydrogen-bond acceptors (Lipinski definition) is 4. The number of hydrazine groups is 1. The summed E-state index contributed by atoms with van der Waals surface area (Å²) in [7, 11) is 0. The zero-order valence-corrected chi connectivity index (χ0v) is 21.5. The molecule has 0 aliphatic carbocycles. The van der Waals surface area contributed by atoms with Gasteiger partial charge in [-0.3, -0.25) is 20.4 Å². The van der Waals surface area contributed by atoms with Crippen molar-refractivity contribution in [1.82, 2.24) is 10.9 Å². The highest BCUT2D eigenvalue weighted by molar-refractivity contribution is 9.11. The predicted molar refractivity (Wildman–Crippen MR) is 137 cm³/mol. The number of hydrogen-bond donors (Lipinski definition) is 2. The highest BCUT2D eigenvalue weighted by atomic mass is 79.9. The summed E-state index contributed by atoms with van der Waals surface area (Å²) in [6, 6.07) is 16.6. The molecular weight excluding hydrogens is 552 g/mol. The number of ether oxygens (including phenoxy) is 2. The molecule has 0 aromatic heterocycles. The molecule has 3 rings (SSSR count). The maximum absolute atomic E-state index is 12.4. The van der Waals surface area contributed by atoms with E-state index < -0.39 is 11.8 Å². The van der Waals surface area contributed by atoms with E-state index in [0.717, 1.165) is 28.1 Å². The number of carbonyl (C=O) groups excluding carboxylic acids is 2. The third kappa shape index (κ3) is 7.20. The third-order valence-electron chi connectivity index (χ3n) is 4.95. The Morgan fingerprint density at radius 2 is 1.67 bits per heavy atom. The first kappa shape index (κ1) is 25.1. The van der Waals surface area contributed by atoms with Gasteiger partial charge < -0.3 is 9.47 Å². The minimum Gasteiger partial charge on any atom is -0.492 e. The number of fused-ring (bicyclic) bond motifs is 1. The summed E-state index contributed by atoms with van der Waals surface area (Å²) in [4.78, 5) is 24.5. The summed E-state index contributed by atoms with van der Waals surface area (Å²) >= 11 is 6.96. The van der Waals surface area contributed by atoms with Crippen molar-refractivity contribution in [3.05, 3.63) is 69.1 Å². The van der Waals surface area contributed by atoms with Crippen LogP contribution in [0.1, 0.15) is 43.0 Å². The quantitative estimate of drug-likeness (QED) is 0.223. The Morgan fingerprint density at radius 1 is 0.879 bits per heavy atom. The minimum absolute atomic E-state index is 0.244. The summed E-state index contributed by atoms with van der Waals surface area (Å²) in [6.45, 7) is 2.56. The number of benzene rings is 3. The average molecular weight is 578 g/mol. The van der Waals surface area contributed by atoms with E-state index in [9.17, 15) is 9.59 Å². The van der Waals surface area contributed by atoms with Crippen molar-refractivity contribution in [2.45, 2.75) is 32.6 Å². The number of unbranched alkanes of at least 4 members (excludes halogenated alkanes) is 3. The number of halogens is 2. The zero-order valence-electron chi connectivity index (χ0n) is 18.3. The summed E-state index contributed by atoms with van der Waals surface area (Å²) in [5.74, 6) is 0.311. The summed E-state index contributed by atoms with van der Waals surface area (Å²) < 4.78 is 12.8. The van der Waals surface area contributed by atoms with E-state index in [-0.39, 0.29) is 6.61 Å². The van der Waals surface area contributed by atoms with Crippen LogP contribution in [0.4, 0.5) is 0 Å². The van der Waals surface area contributed by atoms with E-state index in [1.165, 1.54) is 12.8 Å². The van der Waals surface area contributed by atoms with Crippen molar-refractivity contribution >= 4 is 54.4 Å². The largest absolute Gasteiger partial charge is 0.492 e. The van der Waals surface area contributed by atoms with E-state index in [0.29, 0.717) is 28.1 Å². The van der Waals surface area contributed by atoms with Crippen molar-refractivity contribution in [2.75, 3.05) is 13.2 Å². The van der Waals surface area contributed by atoms with Gasteiger partial charge in [0.15, 0.2) is 6.61 Å². The van der Waals surface area contributed by atoms with Gasteiger partial charge in [0.2, 0.25) is 0 Å². The maximum Gasteiger partial charge on any atom is 0.276 e. The highest BCUT2D eigenvalue weighted by Gasteiger charge is 2.12. The monoisotopic (exact) mass is 576 g/mol. The fourth-order valence-electron chi connectivity index (χ4n) is 3.17. The summed E-state index contributed by atoms with van der Waals surface area (Å²) in [5.41, 5.74) is 5.16. The third-order valence-corrected chi connectivity index (χ3v) is 6.39. The van der Waals surface area contributed by atoms with Crippen LogP contribution in [0.3, 0.4) is 0 Å². The number of amides is 2. The SMILES string of the molecule is CCCCCCOc1ccc(C(=O)NNC(=O)COc2ccc3ccccc3c2Br)cc1Br. The molecule has 174 valence electrons. The average Bonchev–Trinajstić information content (AvgIpc) is 2.83. The molecule has 0 aliphatic heterocycles. The lowest BCUT2D eigenvalue weighted by Gasteiger charge is -2.12. The molecule has 3 aromatic carbocycles. The smallest absolute Gasteiger partial charge is 0.276 e. The number of carbonyl (C=O) groups is 2. The summed E-state index contributed by atoms with van der Waals surface area (Å²) in [5, 5.41) is 2.05. The van der Waals surface area contributed by atoms with Crippen LogP contribution in [-0.4, -0.2) is 25.0 Å². The molecule has 0 aliphatic rings. The Morgan fingerprint density at radius 3 is 2.45 bits per heavy atom. The Bertz CT molecular complexity index is 1120. The fraction of sp³-hybridized carbons (Fsp3) is 0.280. The van der Waals surface area contributed by atoms with E-state index in [1.54, 1.807) is 24.3 Å². The molecule has 3 aromatic rings. The van der Waals surface area contributed by atoms with E-state index >= 15 is 0 Å². The van der Waals surface area contributed by atoms with Gasteiger partial charge in [-0.05, 0) is 73.3 Å². The second-order valence-corrected chi connectivity index (χ2v) is 9.09. The van der Waals surface area contributed by atoms with Gasteiger partial charge in [-0.25, -0.2) is 0 Å². The fourth-order valence-corrected chi connectivity index (χ4v) is 4.27. The molecule has 0 spiro atoms. The van der Waals surface area contributed by atoms with Gasteiger partial charge in [-0.15, -0.1) is 0 Å². The summed E-state index contributed by atoms with van der Waals surface area (Å²) in [6.07, 6.45) is 4.50. The molecular formula is C25H26Br2N2O4. The van der Waals surface area contributed by atoms with Gasteiger partial charge in [0.1, 0.15) is 11.5 Å². The van der Waals surface area contributed by atoms with Crippen molar-refractivity contribution in [1.29, 1.82) is 0 Å². The Hall–Kier alpha value is -2.58. The molecule has 0 saturated carbocycles. The van der Waals surface area contributed by atoms with E-state index in [4.69, 9.17) is 9.47 Å². The molecule has 8 heteroatoms. The van der Waals surface area contributed by atoms with Crippen LogP contribution < -0.4 is 20.3 Å². The normalized spacial score (nSPS) is 10.6. The van der Waals surface area contributed by atoms with Crippen molar-refractivity contribution < 1.29 is 19.1 Å². The van der Waals surface area contributed by atoms with Gasteiger partial charge >= 0.3 is 0 Å². The van der Waals surface area contributed by atoms with Crippen LogP contribution in [0.25, 0.3) is 10.8 Å².